The number of amides is 1. The fourth-order valence-corrected chi connectivity index (χ4v) is 4.47. The summed E-state index contributed by atoms with van der Waals surface area (Å²) in [4.78, 5) is 33.1. The summed E-state index contributed by atoms with van der Waals surface area (Å²) >= 11 is 0. The Morgan fingerprint density at radius 1 is 1.06 bits per heavy atom. The molecule has 8 heteroatoms. The Balaban J connectivity index is 1.32. The standard InChI is InChI=1S/C26H25FN6O/c1-32-14-12-30-25(32)24-23(28-10-11-29-24)20-6-4-13-33(17-20)26(34)19-8-9-21(31-16-19)15-18-5-2-3-7-22(18)27/h2-3,5,7-12,14,16,20H,4,6,13,15,17H2,1H3/t20-/m0/s1. The summed E-state index contributed by atoms with van der Waals surface area (Å²) in [6.07, 6.45) is 10.8. The van der Waals surface area contributed by atoms with Gasteiger partial charge in [-0.25, -0.2) is 14.4 Å². The van der Waals surface area contributed by atoms with Gasteiger partial charge in [-0.1, -0.05) is 18.2 Å². The van der Waals surface area contributed by atoms with Crippen LogP contribution in [0.4, 0.5) is 4.39 Å². The van der Waals surface area contributed by atoms with Gasteiger partial charge in [-0.2, -0.15) is 0 Å². The van der Waals surface area contributed by atoms with Crippen LogP contribution in [0.1, 0.15) is 46.1 Å². The smallest absolute Gasteiger partial charge is 0.255 e. The van der Waals surface area contributed by atoms with Crippen LogP contribution in [-0.4, -0.2) is 48.4 Å². The van der Waals surface area contributed by atoms with Gasteiger partial charge in [0.15, 0.2) is 5.82 Å². The van der Waals surface area contributed by atoms with Gasteiger partial charge in [0.25, 0.3) is 5.91 Å². The first-order valence-corrected chi connectivity index (χ1v) is 11.4. The highest BCUT2D eigenvalue weighted by atomic mass is 19.1. The van der Waals surface area contributed by atoms with Crippen LogP contribution in [0, 0.1) is 5.82 Å². The lowest BCUT2D eigenvalue weighted by Crippen LogP contribution is -2.39. The molecule has 0 saturated carbocycles. The monoisotopic (exact) mass is 456 g/mol. The normalized spacial score (nSPS) is 15.9. The lowest BCUT2D eigenvalue weighted by molar-refractivity contribution is 0.0705. The summed E-state index contributed by atoms with van der Waals surface area (Å²) in [5.74, 6) is 0.530. The maximum atomic E-state index is 13.9. The maximum absolute atomic E-state index is 13.9. The van der Waals surface area contributed by atoms with E-state index < -0.39 is 0 Å². The number of pyridine rings is 1. The second-order valence-electron chi connectivity index (χ2n) is 8.55. The van der Waals surface area contributed by atoms with Gasteiger partial charge in [0.1, 0.15) is 11.5 Å². The van der Waals surface area contributed by atoms with E-state index in [-0.39, 0.29) is 17.6 Å². The van der Waals surface area contributed by atoms with E-state index in [1.807, 2.05) is 22.7 Å². The third-order valence-electron chi connectivity index (χ3n) is 6.26. The number of nitrogens with zero attached hydrogens (tertiary/aromatic N) is 6. The first kappa shape index (κ1) is 21.9. The number of likely N-dealkylation sites (tertiary alicyclic amines) is 1. The zero-order chi connectivity index (χ0) is 23.5. The lowest BCUT2D eigenvalue weighted by Gasteiger charge is -2.33. The van der Waals surface area contributed by atoms with Gasteiger partial charge in [-0.3, -0.25) is 14.8 Å². The summed E-state index contributed by atoms with van der Waals surface area (Å²) in [5.41, 5.74) is 3.46. The third kappa shape index (κ3) is 4.44. The number of piperidine rings is 1. The molecular formula is C26H25FN6O. The van der Waals surface area contributed by atoms with Crippen molar-refractivity contribution in [3.63, 3.8) is 0 Å². The van der Waals surface area contributed by atoms with Crippen molar-refractivity contribution in [3.05, 3.63) is 95.7 Å². The Bertz CT molecular complexity index is 1300. The fourth-order valence-electron chi connectivity index (χ4n) is 4.47. The minimum absolute atomic E-state index is 0.0583. The molecule has 1 saturated heterocycles. The van der Waals surface area contributed by atoms with Crippen LogP contribution in [0.2, 0.25) is 0 Å². The minimum Gasteiger partial charge on any atom is -0.338 e. The molecule has 1 aliphatic heterocycles. The molecule has 7 nitrogen and oxygen atoms in total. The molecule has 0 aliphatic carbocycles. The van der Waals surface area contributed by atoms with Crippen LogP contribution in [-0.2, 0) is 13.5 Å². The van der Waals surface area contributed by atoms with Crippen LogP contribution in [0.3, 0.4) is 0 Å². The van der Waals surface area contributed by atoms with E-state index in [0.29, 0.717) is 30.6 Å². The second-order valence-corrected chi connectivity index (χ2v) is 8.55. The summed E-state index contributed by atoms with van der Waals surface area (Å²) in [7, 11) is 1.93. The second kappa shape index (κ2) is 9.51. The largest absolute Gasteiger partial charge is 0.338 e. The van der Waals surface area contributed by atoms with Gasteiger partial charge in [0.2, 0.25) is 0 Å². The number of aryl methyl sites for hydroxylation is 1. The van der Waals surface area contributed by atoms with Crippen LogP contribution < -0.4 is 0 Å². The number of carbonyl (C=O) groups is 1. The molecule has 5 rings (SSSR count). The Morgan fingerprint density at radius 3 is 2.68 bits per heavy atom. The number of hydrogen-bond acceptors (Lipinski definition) is 5. The predicted molar refractivity (Wildman–Crippen MR) is 126 cm³/mol. The number of halogens is 1. The SMILES string of the molecule is Cn1ccnc1-c1nccnc1[C@H]1CCCN(C(=O)c2ccc(Cc3ccccc3F)nc2)C1. The van der Waals surface area contributed by atoms with Crippen molar-refractivity contribution < 1.29 is 9.18 Å². The predicted octanol–water partition coefficient (Wildman–Crippen LogP) is 4.02. The van der Waals surface area contributed by atoms with Gasteiger partial charge in [0.05, 0.1) is 11.3 Å². The first-order valence-electron chi connectivity index (χ1n) is 11.4. The molecule has 0 unspecified atom stereocenters. The molecule has 34 heavy (non-hydrogen) atoms. The number of imidazole rings is 1. The third-order valence-corrected chi connectivity index (χ3v) is 6.26. The highest BCUT2D eigenvalue weighted by Gasteiger charge is 2.29. The average molecular weight is 457 g/mol. The van der Waals surface area contributed by atoms with E-state index >= 15 is 0 Å². The topological polar surface area (TPSA) is 76.8 Å². The molecule has 1 amide bonds. The Kier molecular flexibility index (Phi) is 6.12. The lowest BCUT2D eigenvalue weighted by atomic mass is 9.92. The number of hydrogen-bond donors (Lipinski definition) is 0. The van der Waals surface area contributed by atoms with Crippen molar-refractivity contribution in [2.24, 2.45) is 7.05 Å². The number of rotatable bonds is 5. The fraction of sp³-hybridized carbons (Fsp3) is 0.269. The zero-order valence-electron chi connectivity index (χ0n) is 18.9. The summed E-state index contributed by atoms with van der Waals surface area (Å²) < 4.78 is 15.9. The molecule has 172 valence electrons. The van der Waals surface area contributed by atoms with Crippen molar-refractivity contribution in [3.8, 4) is 11.5 Å². The highest BCUT2D eigenvalue weighted by Crippen LogP contribution is 2.31. The van der Waals surface area contributed by atoms with Crippen molar-refractivity contribution >= 4 is 5.91 Å². The minimum atomic E-state index is -0.252. The first-order chi connectivity index (χ1) is 16.6. The molecule has 0 radical (unpaired) electrons. The molecule has 4 heterocycles. The Morgan fingerprint density at radius 2 is 1.91 bits per heavy atom. The molecule has 1 atom stereocenters. The number of carbonyl (C=O) groups excluding carboxylic acids is 1. The van der Waals surface area contributed by atoms with Crippen LogP contribution in [0.5, 0.6) is 0 Å². The van der Waals surface area contributed by atoms with Crippen LogP contribution >= 0.6 is 0 Å². The average Bonchev–Trinajstić information content (AvgIpc) is 3.31. The Labute approximate surface area is 197 Å². The maximum Gasteiger partial charge on any atom is 0.255 e. The van der Waals surface area contributed by atoms with Gasteiger partial charge < -0.3 is 9.47 Å². The van der Waals surface area contributed by atoms with E-state index in [1.54, 1.807) is 55.1 Å². The summed E-state index contributed by atoms with van der Waals surface area (Å²) in [5, 5.41) is 0. The summed E-state index contributed by atoms with van der Waals surface area (Å²) in [6.45, 7) is 1.25. The molecule has 3 aromatic heterocycles. The van der Waals surface area contributed by atoms with Crippen molar-refractivity contribution in [1.29, 1.82) is 0 Å². The van der Waals surface area contributed by atoms with Gasteiger partial charge in [-0.15, -0.1) is 0 Å². The summed E-state index contributed by atoms with van der Waals surface area (Å²) in [6, 6.07) is 10.2. The van der Waals surface area contributed by atoms with Crippen LogP contribution in [0.15, 0.2) is 67.4 Å². The van der Waals surface area contributed by atoms with E-state index in [1.165, 1.54) is 6.07 Å². The van der Waals surface area contributed by atoms with Gasteiger partial charge in [0, 0.05) is 69.2 Å². The van der Waals surface area contributed by atoms with E-state index in [0.717, 1.165) is 35.7 Å². The molecule has 0 N–H and O–H groups in total. The van der Waals surface area contributed by atoms with Gasteiger partial charge >= 0.3 is 0 Å². The molecule has 4 aromatic rings. The van der Waals surface area contributed by atoms with Crippen molar-refractivity contribution in [2.75, 3.05) is 13.1 Å². The van der Waals surface area contributed by atoms with Crippen LogP contribution in [0.25, 0.3) is 11.5 Å². The molecule has 0 bridgehead atoms. The molecular weight excluding hydrogens is 431 g/mol. The van der Waals surface area contributed by atoms with E-state index in [4.69, 9.17) is 0 Å². The van der Waals surface area contributed by atoms with E-state index in [9.17, 15) is 9.18 Å². The molecule has 1 fully saturated rings. The van der Waals surface area contributed by atoms with Crippen molar-refractivity contribution in [1.82, 2.24) is 29.4 Å². The van der Waals surface area contributed by atoms with Crippen molar-refractivity contribution in [2.45, 2.75) is 25.2 Å². The van der Waals surface area contributed by atoms with Gasteiger partial charge in [-0.05, 0) is 36.6 Å². The number of benzene rings is 1. The Hall–Kier alpha value is -3.94. The molecule has 1 aliphatic rings. The quantitative estimate of drug-likeness (QED) is 0.453. The molecule has 0 spiro atoms. The zero-order valence-corrected chi connectivity index (χ0v) is 18.9. The van der Waals surface area contributed by atoms with E-state index in [2.05, 4.69) is 19.9 Å². The molecule has 1 aromatic carbocycles. The number of aromatic nitrogens is 5. The highest BCUT2D eigenvalue weighted by molar-refractivity contribution is 5.94.